The zero-order chi connectivity index (χ0) is 12.1. The maximum Gasteiger partial charge on any atom is 0.238 e. The lowest BCUT2D eigenvalue weighted by Gasteiger charge is -2.04. The van der Waals surface area contributed by atoms with Gasteiger partial charge in [0.05, 0.1) is 5.69 Å². The zero-order valence-electron chi connectivity index (χ0n) is 9.35. The van der Waals surface area contributed by atoms with Gasteiger partial charge in [-0.05, 0) is 31.3 Å². The monoisotopic (exact) mass is 249 g/mol. The van der Waals surface area contributed by atoms with E-state index >= 15 is 0 Å². The van der Waals surface area contributed by atoms with E-state index in [0.717, 1.165) is 5.69 Å². The van der Waals surface area contributed by atoms with Crippen molar-refractivity contribution < 1.29 is 4.74 Å². The van der Waals surface area contributed by atoms with E-state index in [1.165, 1.54) is 0 Å². The summed E-state index contributed by atoms with van der Waals surface area (Å²) < 4.78 is 5.51. The summed E-state index contributed by atoms with van der Waals surface area (Å²) in [6.07, 6.45) is 0. The third-order valence-electron chi connectivity index (χ3n) is 2.07. The van der Waals surface area contributed by atoms with Gasteiger partial charge >= 0.3 is 0 Å². The second-order valence-electron chi connectivity index (χ2n) is 3.45. The summed E-state index contributed by atoms with van der Waals surface area (Å²) in [5, 5.41) is 11.6. The lowest BCUT2D eigenvalue weighted by molar-refractivity contribution is 0.453. The van der Waals surface area contributed by atoms with Crippen molar-refractivity contribution in [1.29, 1.82) is 0 Å². The number of nitrogens with one attached hydrogen (secondary N) is 1. The first kappa shape index (κ1) is 11.8. The molecule has 2 aromatic rings. The van der Waals surface area contributed by atoms with E-state index < -0.39 is 0 Å². The first-order chi connectivity index (χ1) is 8.28. The Bertz CT molecular complexity index is 487. The Labute approximate surface area is 105 Å². The highest BCUT2D eigenvalue weighted by Crippen LogP contribution is 2.22. The Kier molecular flexibility index (Phi) is 3.90. The molecule has 1 N–H and O–H groups in total. The average Bonchev–Trinajstić information content (AvgIpc) is 2.32. The molecule has 0 spiro atoms. The number of halogens is 1. The van der Waals surface area contributed by atoms with Crippen LogP contribution in [0.1, 0.15) is 5.69 Å². The molecule has 0 saturated carbocycles. The maximum atomic E-state index is 5.85. The highest BCUT2D eigenvalue weighted by molar-refractivity contribution is 6.30. The van der Waals surface area contributed by atoms with E-state index in [0.29, 0.717) is 23.2 Å². The van der Waals surface area contributed by atoms with Crippen LogP contribution in [-0.4, -0.2) is 17.2 Å². The summed E-state index contributed by atoms with van der Waals surface area (Å²) in [6, 6.07) is 10.8. The van der Waals surface area contributed by atoms with Crippen molar-refractivity contribution in [2.45, 2.75) is 6.54 Å². The molecule has 0 aliphatic carbocycles. The molecule has 88 valence electrons. The summed E-state index contributed by atoms with van der Waals surface area (Å²) >= 11 is 5.85. The average molecular weight is 250 g/mol. The normalized spacial score (nSPS) is 10.2. The summed E-state index contributed by atoms with van der Waals surface area (Å²) in [6.45, 7) is 0.685. The molecule has 0 fully saturated rings. The van der Waals surface area contributed by atoms with E-state index in [2.05, 4.69) is 15.5 Å². The van der Waals surface area contributed by atoms with Crippen molar-refractivity contribution in [3.05, 3.63) is 47.1 Å². The van der Waals surface area contributed by atoms with Crippen LogP contribution in [0.2, 0.25) is 5.02 Å². The fraction of sp³-hybridized carbons (Fsp3) is 0.167. The number of hydrogen-bond donors (Lipinski definition) is 1. The van der Waals surface area contributed by atoms with Gasteiger partial charge in [-0.3, -0.25) is 0 Å². The van der Waals surface area contributed by atoms with Crippen molar-refractivity contribution in [2.75, 3.05) is 7.05 Å². The molecule has 0 aliphatic heterocycles. The lowest BCUT2D eigenvalue weighted by atomic mass is 10.3. The standard InChI is InChI=1S/C12H12ClN3O/c1-14-8-10-5-6-12(16-15-10)17-11-4-2-3-9(13)7-11/h2-7,14H,8H2,1H3. The topological polar surface area (TPSA) is 47.0 Å². The van der Waals surface area contributed by atoms with Crippen LogP contribution in [0.4, 0.5) is 0 Å². The van der Waals surface area contributed by atoms with E-state index in [4.69, 9.17) is 16.3 Å². The molecule has 0 amide bonds. The SMILES string of the molecule is CNCc1ccc(Oc2cccc(Cl)c2)nn1. The Hall–Kier alpha value is -1.65. The molecule has 0 radical (unpaired) electrons. The van der Waals surface area contributed by atoms with Crippen molar-refractivity contribution in [3.8, 4) is 11.6 Å². The molecule has 0 bridgehead atoms. The number of benzene rings is 1. The number of aromatic nitrogens is 2. The van der Waals surface area contributed by atoms with Gasteiger partial charge in [-0.25, -0.2) is 0 Å². The third kappa shape index (κ3) is 3.41. The number of nitrogens with zero attached hydrogens (tertiary/aromatic N) is 2. The van der Waals surface area contributed by atoms with Crippen molar-refractivity contribution in [2.24, 2.45) is 0 Å². The zero-order valence-corrected chi connectivity index (χ0v) is 10.1. The highest BCUT2D eigenvalue weighted by Gasteiger charge is 2.00. The third-order valence-corrected chi connectivity index (χ3v) is 2.31. The quantitative estimate of drug-likeness (QED) is 0.905. The minimum atomic E-state index is 0.451. The number of hydrogen-bond acceptors (Lipinski definition) is 4. The van der Waals surface area contributed by atoms with E-state index in [1.807, 2.05) is 25.2 Å². The van der Waals surface area contributed by atoms with Crippen LogP contribution < -0.4 is 10.1 Å². The largest absolute Gasteiger partial charge is 0.437 e. The second kappa shape index (κ2) is 5.61. The summed E-state index contributed by atoms with van der Waals surface area (Å²) in [5.74, 6) is 1.10. The minimum Gasteiger partial charge on any atom is -0.437 e. The molecule has 1 heterocycles. The second-order valence-corrected chi connectivity index (χ2v) is 3.89. The molecule has 0 saturated heterocycles. The molecule has 4 nitrogen and oxygen atoms in total. The summed E-state index contributed by atoms with van der Waals surface area (Å²) in [4.78, 5) is 0. The van der Waals surface area contributed by atoms with Crippen LogP contribution in [0.25, 0.3) is 0 Å². The van der Waals surface area contributed by atoms with Gasteiger partial charge in [0.2, 0.25) is 5.88 Å². The van der Waals surface area contributed by atoms with Gasteiger partial charge in [-0.2, -0.15) is 5.10 Å². The molecule has 5 heteroatoms. The maximum absolute atomic E-state index is 5.85. The van der Waals surface area contributed by atoms with Crippen molar-refractivity contribution >= 4 is 11.6 Å². The molecule has 1 aromatic carbocycles. The molecule has 2 rings (SSSR count). The predicted molar refractivity (Wildman–Crippen MR) is 66.3 cm³/mol. The first-order valence-corrected chi connectivity index (χ1v) is 5.56. The van der Waals surface area contributed by atoms with Crippen LogP contribution in [0.5, 0.6) is 11.6 Å². The van der Waals surface area contributed by atoms with E-state index in [9.17, 15) is 0 Å². The predicted octanol–water partition coefficient (Wildman–Crippen LogP) is 2.64. The van der Waals surface area contributed by atoms with Crippen molar-refractivity contribution in [3.63, 3.8) is 0 Å². The van der Waals surface area contributed by atoms with Gasteiger partial charge < -0.3 is 10.1 Å². The molecular weight excluding hydrogens is 238 g/mol. The molecule has 0 atom stereocenters. The Morgan fingerprint density at radius 2 is 2.12 bits per heavy atom. The molecule has 0 unspecified atom stereocenters. The van der Waals surface area contributed by atoms with Gasteiger partial charge in [0, 0.05) is 17.6 Å². The summed E-state index contributed by atoms with van der Waals surface area (Å²) in [5.41, 5.74) is 0.867. The number of rotatable bonds is 4. The van der Waals surface area contributed by atoms with Crippen LogP contribution >= 0.6 is 11.6 Å². The van der Waals surface area contributed by atoms with E-state index in [-0.39, 0.29) is 0 Å². The van der Waals surface area contributed by atoms with Crippen LogP contribution in [0, 0.1) is 0 Å². The van der Waals surface area contributed by atoms with Crippen molar-refractivity contribution in [1.82, 2.24) is 15.5 Å². The fourth-order valence-electron chi connectivity index (χ4n) is 1.33. The Morgan fingerprint density at radius 3 is 2.76 bits per heavy atom. The Balaban J connectivity index is 2.08. The van der Waals surface area contributed by atoms with Gasteiger partial charge in [-0.1, -0.05) is 17.7 Å². The van der Waals surface area contributed by atoms with Crippen LogP contribution in [0.3, 0.4) is 0 Å². The van der Waals surface area contributed by atoms with Gasteiger partial charge in [0.25, 0.3) is 0 Å². The minimum absolute atomic E-state index is 0.451. The number of ether oxygens (including phenoxy) is 1. The van der Waals surface area contributed by atoms with E-state index in [1.54, 1.807) is 18.2 Å². The highest BCUT2D eigenvalue weighted by atomic mass is 35.5. The molecule has 17 heavy (non-hydrogen) atoms. The Morgan fingerprint density at radius 1 is 1.24 bits per heavy atom. The molecule has 1 aromatic heterocycles. The first-order valence-electron chi connectivity index (χ1n) is 5.18. The lowest BCUT2D eigenvalue weighted by Crippen LogP contribution is -2.07. The fourth-order valence-corrected chi connectivity index (χ4v) is 1.51. The summed E-state index contributed by atoms with van der Waals surface area (Å²) in [7, 11) is 1.86. The molecular formula is C12H12ClN3O. The van der Waals surface area contributed by atoms with Gasteiger partial charge in [-0.15, -0.1) is 5.10 Å². The van der Waals surface area contributed by atoms with Crippen LogP contribution in [0.15, 0.2) is 36.4 Å². The van der Waals surface area contributed by atoms with Gasteiger partial charge in [0.1, 0.15) is 5.75 Å². The van der Waals surface area contributed by atoms with Gasteiger partial charge in [0.15, 0.2) is 0 Å². The van der Waals surface area contributed by atoms with Crippen LogP contribution in [-0.2, 0) is 6.54 Å². The smallest absolute Gasteiger partial charge is 0.238 e. The molecule has 0 aliphatic rings.